The zero-order valence-electron chi connectivity index (χ0n) is 20.9. The van der Waals surface area contributed by atoms with Crippen LogP contribution in [-0.4, -0.2) is 34.6 Å². The van der Waals surface area contributed by atoms with Crippen molar-refractivity contribution in [3.05, 3.63) is 75.1 Å². The van der Waals surface area contributed by atoms with Gasteiger partial charge in [-0.05, 0) is 62.4 Å². The van der Waals surface area contributed by atoms with E-state index in [1.165, 1.54) is 6.07 Å². The molecule has 2 heterocycles. The van der Waals surface area contributed by atoms with Crippen LogP contribution in [-0.2, 0) is 17.8 Å². The van der Waals surface area contributed by atoms with Gasteiger partial charge in [-0.3, -0.25) is 4.79 Å². The van der Waals surface area contributed by atoms with Crippen molar-refractivity contribution in [2.24, 2.45) is 5.92 Å². The minimum Gasteiger partial charge on any atom is -0.489 e. The number of nitrogens with zero attached hydrogens (tertiary/aromatic N) is 1. The molecule has 3 aromatic rings. The molecule has 2 atom stereocenters. The van der Waals surface area contributed by atoms with Gasteiger partial charge in [-0.1, -0.05) is 12.8 Å². The number of benzene rings is 2. The lowest BCUT2D eigenvalue weighted by molar-refractivity contribution is -0.143. The molecule has 1 saturated carbocycles. The first-order valence-electron chi connectivity index (χ1n) is 12.9. The maximum Gasteiger partial charge on any atom is 0.339 e. The van der Waals surface area contributed by atoms with E-state index in [0.717, 1.165) is 48.8 Å². The van der Waals surface area contributed by atoms with Crippen molar-refractivity contribution in [3.63, 3.8) is 0 Å². The molecule has 1 N–H and O–H groups in total. The molecule has 2 unspecified atom stereocenters. The molecule has 2 fully saturated rings. The largest absolute Gasteiger partial charge is 0.489 e. The van der Waals surface area contributed by atoms with Crippen molar-refractivity contribution in [1.82, 2.24) is 4.90 Å². The van der Waals surface area contributed by atoms with Crippen LogP contribution >= 0.6 is 0 Å². The monoisotopic (exact) mass is 511 g/mol. The molecular formula is C29H31F2NO5. The number of halogens is 2. The summed E-state index contributed by atoms with van der Waals surface area (Å²) >= 11 is 0. The summed E-state index contributed by atoms with van der Waals surface area (Å²) in [6, 6.07) is 8.32. The van der Waals surface area contributed by atoms with Gasteiger partial charge in [0, 0.05) is 54.1 Å². The Labute approximate surface area is 213 Å². The number of likely N-dealkylation sites (tertiary alicyclic amines) is 1. The second kappa shape index (κ2) is 10.2. The van der Waals surface area contributed by atoms with Gasteiger partial charge >= 0.3 is 5.63 Å². The van der Waals surface area contributed by atoms with Gasteiger partial charge in [0.1, 0.15) is 29.6 Å². The van der Waals surface area contributed by atoms with Gasteiger partial charge in [0.2, 0.25) is 5.91 Å². The zero-order chi connectivity index (χ0) is 26.2. The van der Waals surface area contributed by atoms with Crippen LogP contribution < -0.4 is 10.4 Å². The number of ether oxygens (including phenoxy) is 1. The van der Waals surface area contributed by atoms with Gasteiger partial charge in [0.25, 0.3) is 0 Å². The summed E-state index contributed by atoms with van der Waals surface area (Å²) < 4.78 is 38.2. The van der Waals surface area contributed by atoms with Crippen molar-refractivity contribution >= 4 is 16.9 Å². The minimum absolute atomic E-state index is 0.0108. The van der Waals surface area contributed by atoms with Crippen molar-refractivity contribution in [2.75, 3.05) is 13.1 Å². The van der Waals surface area contributed by atoms with Gasteiger partial charge in [0.15, 0.2) is 0 Å². The third-order valence-electron chi connectivity index (χ3n) is 8.04. The molecule has 1 aromatic heterocycles. The smallest absolute Gasteiger partial charge is 0.339 e. The summed E-state index contributed by atoms with van der Waals surface area (Å²) in [6.45, 7) is 2.85. The van der Waals surface area contributed by atoms with Crippen molar-refractivity contribution in [2.45, 2.75) is 64.1 Å². The van der Waals surface area contributed by atoms with Crippen LogP contribution in [0.4, 0.5) is 8.78 Å². The zero-order valence-corrected chi connectivity index (χ0v) is 20.9. The number of fused-ring (bicyclic) bond motifs is 2. The summed E-state index contributed by atoms with van der Waals surface area (Å²) in [4.78, 5) is 27.6. The Hall–Kier alpha value is -3.26. The highest BCUT2D eigenvalue weighted by Crippen LogP contribution is 2.40. The molecule has 37 heavy (non-hydrogen) atoms. The number of aryl methyl sites for hydroxylation is 1. The first-order valence-corrected chi connectivity index (χ1v) is 12.9. The third-order valence-corrected chi connectivity index (χ3v) is 8.04. The molecule has 0 spiro atoms. The third kappa shape index (κ3) is 5.25. The summed E-state index contributed by atoms with van der Waals surface area (Å²) in [5, 5.41) is 11.6. The van der Waals surface area contributed by atoms with Gasteiger partial charge < -0.3 is 19.2 Å². The fourth-order valence-electron chi connectivity index (χ4n) is 5.74. The summed E-state index contributed by atoms with van der Waals surface area (Å²) in [5.74, 6) is -0.851. The lowest BCUT2D eigenvalue weighted by atomic mass is 9.71. The predicted octanol–water partition coefficient (Wildman–Crippen LogP) is 5.04. The molecule has 1 aliphatic heterocycles. The molecule has 2 aromatic carbocycles. The maximum absolute atomic E-state index is 13.9. The molecule has 1 aliphatic carbocycles. The highest BCUT2D eigenvalue weighted by molar-refractivity contribution is 5.83. The Morgan fingerprint density at radius 2 is 2.03 bits per heavy atom. The van der Waals surface area contributed by atoms with Crippen LogP contribution in [0, 0.1) is 24.5 Å². The second-order valence-electron chi connectivity index (χ2n) is 10.3. The second-order valence-corrected chi connectivity index (χ2v) is 10.3. The molecule has 6 nitrogen and oxygen atoms in total. The standard InChI is InChI=1S/C29H31F2NO5/c1-18-23-8-7-22(36-17-19-5-6-21(30)14-25(19)31)15-26(23)37-28(34)24(18)9-10-27(33)32-13-12-29(35)11-3-2-4-20(29)16-32/h5-8,14-15,20,35H,2-4,9-13,16-17H2,1H3. The number of hydrogen-bond acceptors (Lipinski definition) is 5. The molecule has 2 aliphatic rings. The van der Waals surface area contributed by atoms with E-state index in [4.69, 9.17) is 9.15 Å². The van der Waals surface area contributed by atoms with E-state index in [1.807, 2.05) is 11.8 Å². The first kappa shape index (κ1) is 25.4. The summed E-state index contributed by atoms with van der Waals surface area (Å²) in [5.41, 5.74) is 0.619. The predicted molar refractivity (Wildman–Crippen MR) is 134 cm³/mol. The Balaban J connectivity index is 1.25. The van der Waals surface area contributed by atoms with Crippen LogP contribution in [0.25, 0.3) is 11.0 Å². The molecule has 5 rings (SSSR count). The van der Waals surface area contributed by atoms with Crippen LogP contribution in [0.15, 0.2) is 45.6 Å². The average Bonchev–Trinajstić information content (AvgIpc) is 2.87. The number of aliphatic hydroxyl groups is 1. The van der Waals surface area contributed by atoms with E-state index in [2.05, 4.69) is 0 Å². The molecule has 0 radical (unpaired) electrons. The molecule has 196 valence electrons. The van der Waals surface area contributed by atoms with Crippen LogP contribution in [0.1, 0.15) is 55.2 Å². The van der Waals surface area contributed by atoms with Crippen molar-refractivity contribution in [1.29, 1.82) is 0 Å². The quantitative estimate of drug-likeness (QED) is 0.469. The lowest BCUT2D eigenvalue weighted by Gasteiger charge is -2.47. The maximum atomic E-state index is 13.9. The SMILES string of the molecule is Cc1c(CCC(=O)N2CCC3(O)CCCCC3C2)c(=O)oc2cc(OCc3ccc(F)cc3F)ccc12. The van der Waals surface area contributed by atoms with E-state index in [0.29, 0.717) is 36.4 Å². The van der Waals surface area contributed by atoms with Crippen molar-refractivity contribution < 1.29 is 27.8 Å². The van der Waals surface area contributed by atoms with Crippen LogP contribution in [0.5, 0.6) is 5.75 Å². The minimum atomic E-state index is -0.693. The molecular weight excluding hydrogens is 480 g/mol. The first-order chi connectivity index (χ1) is 17.7. The lowest BCUT2D eigenvalue weighted by Crippen LogP contribution is -2.54. The van der Waals surface area contributed by atoms with Crippen LogP contribution in [0.3, 0.4) is 0 Å². The number of hydrogen-bond donors (Lipinski definition) is 1. The van der Waals surface area contributed by atoms with Gasteiger partial charge in [-0.15, -0.1) is 0 Å². The van der Waals surface area contributed by atoms with E-state index >= 15 is 0 Å². The Morgan fingerprint density at radius 3 is 2.84 bits per heavy atom. The van der Waals surface area contributed by atoms with E-state index in [1.54, 1.807) is 18.2 Å². The number of carbonyl (C=O) groups excluding carboxylic acids is 1. The normalized spacial score (nSPS) is 21.6. The number of rotatable bonds is 6. The number of amides is 1. The Bertz CT molecular complexity index is 1390. The summed E-state index contributed by atoms with van der Waals surface area (Å²) in [7, 11) is 0. The van der Waals surface area contributed by atoms with Gasteiger partial charge in [0.05, 0.1) is 5.60 Å². The Kier molecular flexibility index (Phi) is 7.03. The number of piperidine rings is 1. The van der Waals surface area contributed by atoms with E-state index < -0.39 is 22.9 Å². The van der Waals surface area contributed by atoms with Gasteiger partial charge in [-0.25, -0.2) is 13.6 Å². The van der Waals surface area contributed by atoms with Crippen LogP contribution in [0.2, 0.25) is 0 Å². The average molecular weight is 512 g/mol. The van der Waals surface area contributed by atoms with E-state index in [9.17, 15) is 23.5 Å². The fourth-order valence-corrected chi connectivity index (χ4v) is 5.74. The van der Waals surface area contributed by atoms with Crippen molar-refractivity contribution in [3.8, 4) is 5.75 Å². The number of carbonyl (C=O) groups is 1. The molecule has 8 heteroatoms. The fraction of sp³-hybridized carbons (Fsp3) is 0.448. The molecule has 1 amide bonds. The Morgan fingerprint density at radius 1 is 1.19 bits per heavy atom. The highest BCUT2D eigenvalue weighted by atomic mass is 19.1. The molecule has 0 bridgehead atoms. The highest BCUT2D eigenvalue weighted by Gasteiger charge is 2.43. The molecule has 1 saturated heterocycles. The van der Waals surface area contributed by atoms with E-state index in [-0.39, 0.29) is 36.8 Å². The van der Waals surface area contributed by atoms with Gasteiger partial charge in [-0.2, -0.15) is 0 Å². The summed E-state index contributed by atoms with van der Waals surface area (Å²) in [6.07, 6.45) is 4.97. The topological polar surface area (TPSA) is 80.0 Å².